The Bertz CT molecular complexity index is 579. The Kier molecular flexibility index (Phi) is 4.71. The van der Waals surface area contributed by atoms with Gasteiger partial charge in [0.25, 0.3) is 0 Å². The smallest absolute Gasteiger partial charge is 0.213 e. The largest absolute Gasteiger partial charge is 0.487 e. The van der Waals surface area contributed by atoms with Crippen molar-refractivity contribution in [2.75, 3.05) is 7.11 Å². The zero-order valence-electron chi connectivity index (χ0n) is 11.6. The van der Waals surface area contributed by atoms with E-state index < -0.39 is 0 Å². The van der Waals surface area contributed by atoms with E-state index in [-0.39, 0.29) is 5.78 Å². The van der Waals surface area contributed by atoms with Crippen molar-refractivity contribution in [3.05, 3.63) is 53.7 Å². The van der Waals surface area contributed by atoms with Crippen molar-refractivity contribution in [2.45, 2.75) is 20.0 Å². The second kappa shape index (κ2) is 6.70. The van der Waals surface area contributed by atoms with Crippen LogP contribution in [0, 0.1) is 0 Å². The number of benzene rings is 1. The quantitative estimate of drug-likeness (QED) is 0.757. The van der Waals surface area contributed by atoms with Crippen LogP contribution in [0.25, 0.3) is 0 Å². The van der Waals surface area contributed by atoms with Gasteiger partial charge in [-0.05, 0) is 30.3 Å². The number of carbonyl (C=O) groups excluding carboxylic acids is 1. The summed E-state index contributed by atoms with van der Waals surface area (Å²) in [4.78, 5) is 15.8. The third-order valence-electron chi connectivity index (χ3n) is 2.87. The van der Waals surface area contributed by atoms with Crippen LogP contribution in [0.15, 0.2) is 42.5 Å². The predicted molar refractivity (Wildman–Crippen MR) is 76.2 cm³/mol. The molecule has 2 aromatic rings. The van der Waals surface area contributed by atoms with Gasteiger partial charge in [-0.3, -0.25) is 4.79 Å². The highest BCUT2D eigenvalue weighted by molar-refractivity contribution is 5.95. The van der Waals surface area contributed by atoms with Crippen LogP contribution in [0.3, 0.4) is 0 Å². The van der Waals surface area contributed by atoms with Crippen LogP contribution >= 0.6 is 0 Å². The molecule has 2 rings (SSSR count). The molecule has 1 aromatic heterocycles. The third kappa shape index (κ3) is 3.57. The molecular weight excluding hydrogens is 254 g/mol. The lowest BCUT2D eigenvalue weighted by molar-refractivity contribution is 0.0988. The standard InChI is InChI=1S/C16H17NO3/c1-3-15(18)12-7-9-14(10-8-12)20-11-13-5-4-6-16(17-13)19-2/h4-10H,3,11H2,1-2H3. The van der Waals surface area contributed by atoms with Gasteiger partial charge in [0.2, 0.25) is 5.88 Å². The zero-order valence-corrected chi connectivity index (χ0v) is 11.6. The van der Waals surface area contributed by atoms with E-state index in [4.69, 9.17) is 9.47 Å². The Labute approximate surface area is 118 Å². The molecule has 0 aliphatic carbocycles. The number of Topliss-reactive ketones (excluding diaryl/α,β-unsaturated/α-hetero) is 1. The number of aromatic nitrogens is 1. The predicted octanol–water partition coefficient (Wildman–Crippen LogP) is 3.26. The molecular formula is C16H17NO3. The van der Waals surface area contributed by atoms with Gasteiger partial charge in [0.05, 0.1) is 12.8 Å². The molecule has 0 spiro atoms. The maximum atomic E-state index is 11.5. The second-order valence-corrected chi connectivity index (χ2v) is 4.26. The van der Waals surface area contributed by atoms with Gasteiger partial charge in [0, 0.05) is 18.1 Å². The summed E-state index contributed by atoms with van der Waals surface area (Å²) in [5, 5.41) is 0. The van der Waals surface area contributed by atoms with Crippen LogP contribution < -0.4 is 9.47 Å². The van der Waals surface area contributed by atoms with Crippen molar-refractivity contribution in [2.24, 2.45) is 0 Å². The Morgan fingerprint density at radius 3 is 2.55 bits per heavy atom. The molecule has 0 N–H and O–H groups in total. The van der Waals surface area contributed by atoms with Crippen molar-refractivity contribution in [3.63, 3.8) is 0 Å². The molecule has 4 heteroatoms. The van der Waals surface area contributed by atoms with E-state index >= 15 is 0 Å². The molecule has 1 aromatic carbocycles. The van der Waals surface area contributed by atoms with Gasteiger partial charge < -0.3 is 9.47 Å². The molecule has 0 saturated heterocycles. The highest BCUT2D eigenvalue weighted by Crippen LogP contribution is 2.15. The molecule has 1 heterocycles. The summed E-state index contributed by atoms with van der Waals surface area (Å²) in [5.74, 6) is 1.41. The Morgan fingerprint density at radius 1 is 1.15 bits per heavy atom. The lowest BCUT2D eigenvalue weighted by Crippen LogP contribution is -2.00. The van der Waals surface area contributed by atoms with Crippen LogP contribution in [-0.4, -0.2) is 17.9 Å². The normalized spacial score (nSPS) is 10.1. The number of nitrogens with zero attached hydrogens (tertiary/aromatic N) is 1. The maximum Gasteiger partial charge on any atom is 0.213 e. The lowest BCUT2D eigenvalue weighted by Gasteiger charge is -2.07. The molecule has 0 saturated carbocycles. The van der Waals surface area contributed by atoms with Gasteiger partial charge in [0.15, 0.2) is 5.78 Å². The monoisotopic (exact) mass is 271 g/mol. The number of ether oxygens (including phenoxy) is 2. The number of carbonyl (C=O) groups is 1. The first kappa shape index (κ1) is 14.1. The summed E-state index contributed by atoms with van der Waals surface area (Å²) >= 11 is 0. The second-order valence-electron chi connectivity index (χ2n) is 4.26. The van der Waals surface area contributed by atoms with Crippen molar-refractivity contribution in [1.29, 1.82) is 0 Å². The van der Waals surface area contributed by atoms with Crippen molar-refractivity contribution >= 4 is 5.78 Å². The summed E-state index contributed by atoms with van der Waals surface area (Å²) in [5.41, 5.74) is 1.50. The minimum atomic E-state index is 0.131. The van der Waals surface area contributed by atoms with Gasteiger partial charge in [0.1, 0.15) is 12.4 Å². The number of hydrogen-bond acceptors (Lipinski definition) is 4. The van der Waals surface area contributed by atoms with Gasteiger partial charge >= 0.3 is 0 Å². The first-order valence-corrected chi connectivity index (χ1v) is 6.49. The molecule has 0 radical (unpaired) electrons. The van der Waals surface area contributed by atoms with E-state index in [0.29, 0.717) is 30.2 Å². The highest BCUT2D eigenvalue weighted by atomic mass is 16.5. The molecule has 0 atom stereocenters. The summed E-state index contributed by atoms with van der Waals surface area (Å²) < 4.78 is 10.7. The van der Waals surface area contributed by atoms with Crippen LogP contribution in [-0.2, 0) is 6.61 Å². The molecule has 0 aliphatic rings. The average Bonchev–Trinajstić information content (AvgIpc) is 2.53. The number of hydrogen-bond donors (Lipinski definition) is 0. The van der Waals surface area contributed by atoms with Crippen LogP contribution in [0.5, 0.6) is 11.6 Å². The molecule has 0 aliphatic heterocycles. The fourth-order valence-corrected chi connectivity index (χ4v) is 1.75. The van der Waals surface area contributed by atoms with E-state index in [1.165, 1.54) is 0 Å². The molecule has 0 bridgehead atoms. The Hall–Kier alpha value is -2.36. The van der Waals surface area contributed by atoms with Crippen molar-refractivity contribution < 1.29 is 14.3 Å². The topological polar surface area (TPSA) is 48.4 Å². The fraction of sp³-hybridized carbons (Fsp3) is 0.250. The van der Waals surface area contributed by atoms with E-state index in [1.54, 1.807) is 37.4 Å². The summed E-state index contributed by atoms with van der Waals surface area (Å²) in [6.07, 6.45) is 0.508. The highest BCUT2D eigenvalue weighted by Gasteiger charge is 2.03. The van der Waals surface area contributed by atoms with Crippen LogP contribution in [0.2, 0.25) is 0 Å². The molecule has 0 unspecified atom stereocenters. The molecule has 0 amide bonds. The van der Waals surface area contributed by atoms with E-state index in [2.05, 4.69) is 4.98 Å². The average molecular weight is 271 g/mol. The van der Waals surface area contributed by atoms with Gasteiger partial charge in [-0.15, -0.1) is 0 Å². The van der Waals surface area contributed by atoms with E-state index in [0.717, 1.165) is 5.69 Å². The van der Waals surface area contributed by atoms with Gasteiger partial charge in [-0.1, -0.05) is 13.0 Å². The van der Waals surface area contributed by atoms with Gasteiger partial charge in [-0.2, -0.15) is 0 Å². The first-order valence-electron chi connectivity index (χ1n) is 6.49. The third-order valence-corrected chi connectivity index (χ3v) is 2.87. The molecule has 104 valence electrons. The Morgan fingerprint density at radius 2 is 1.90 bits per heavy atom. The lowest BCUT2D eigenvalue weighted by atomic mass is 10.1. The summed E-state index contributed by atoms with van der Waals surface area (Å²) in [7, 11) is 1.58. The molecule has 0 fully saturated rings. The van der Waals surface area contributed by atoms with Crippen LogP contribution in [0.4, 0.5) is 0 Å². The zero-order chi connectivity index (χ0) is 14.4. The van der Waals surface area contributed by atoms with E-state index in [9.17, 15) is 4.79 Å². The number of methoxy groups -OCH3 is 1. The maximum absolute atomic E-state index is 11.5. The van der Waals surface area contributed by atoms with E-state index in [1.807, 2.05) is 19.1 Å². The Balaban J connectivity index is 1.98. The van der Waals surface area contributed by atoms with Crippen LogP contribution in [0.1, 0.15) is 29.4 Å². The minimum Gasteiger partial charge on any atom is -0.487 e. The minimum absolute atomic E-state index is 0.131. The number of pyridine rings is 1. The molecule has 4 nitrogen and oxygen atoms in total. The fourth-order valence-electron chi connectivity index (χ4n) is 1.75. The van der Waals surface area contributed by atoms with Gasteiger partial charge in [-0.25, -0.2) is 4.98 Å². The summed E-state index contributed by atoms with van der Waals surface area (Å²) in [6.45, 7) is 2.21. The summed E-state index contributed by atoms with van der Waals surface area (Å²) in [6, 6.07) is 12.7. The molecule has 20 heavy (non-hydrogen) atoms. The van der Waals surface area contributed by atoms with Crippen molar-refractivity contribution in [1.82, 2.24) is 4.98 Å². The SMILES string of the molecule is CCC(=O)c1ccc(OCc2cccc(OC)n2)cc1. The number of ketones is 1. The number of rotatable bonds is 6. The first-order chi connectivity index (χ1) is 9.72. The van der Waals surface area contributed by atoms with Crippen molar-refractivity contribution in [3.8, 4) is 11.6 Å².